The van der Waals surface area contributed by atoms with Gasteiger partial charge in [-0.3, -0.25) is 9.36 Å². The van der Waals surface area contributed by atoms with Crippen LogP contribution in [-0.4, -0.2) is 70.7 Å². The van der Waals surface area contributed by atoms with Crippen molar-refractivity contribution in [1.29, 1.82) is 0 Å². The summed E-state index contributed by atoms with van der Waals surface area (Å²) < 4.78 is 34.0. The predicted octanol–water partition coefficient (Wildman–Crippen LogP) is 6.79. The van der Waals surface area contributed by atoms with Gasteiger partial charge < -0.3 is 27.9 Å². The van der Waals surface area contributed by atoms with Crippen LogP contribution >= 0.6 is 7.82 Å². The van der Waals surface area contributed by atoms with Crippen LogP contribution in [0, 0.1) is 0 Å². The predicted molar refractivity (Wildman–Crippen MR) is 153 cm³/mol. The zero-order valence-corrected chi connectivity index (χ0v) is 26.3. The van der Waals surface area contributed by atoms with E-state index in [0.717, 1.165) is 32.1 Å². The molecule has 0 saturated heterocycles. The standard InChI is InChI=1S/C29H60NO7P/c1-6-8-10-12-14-15-17-19-21-24-34-26-28(27-36-38(32,33)35-25-23-30(3,4)5)37-29(31)22-20-18-16-13-11-9-7-2/h28H,6-27H2,1-5H3. The monoisotopic (exact) mass is 565 g/mol. The molecule has 0 radical (unpaired) electrons. The number of carbonyl (C=O) groups excluding carboxylic acids is 1. The zero-order chi connectivity index (χ0) is 28.5. The smallest absolute Gasteiger partial charge is 0.306 e. The van der Waals surface area contributed by atoms with Crippen molar-refractivity contribution >= 4 is 13.8 Å². The number of ether oxygens (including phenoxy) is 2. The van der Waals surface area contributed by atoms with Crippen LogP contribution in [0.5, 0.6) is 0 Å². The van der Waals surface area contributed by atoms with Crippen LogP contribution in [0.15, 0.2) is 0 Å². The molecule has 0 amide bonds. The molecule has 0 spiro atoms. The Morgan fingerprint density at radius 1 is 0.711 bits per heavy atom. The third-order valence-corrected chi connectivity index (χ3v) is 7.37. The molecule has 9 heteroatoms. The number of hydrogen-bond donors (Lipinski definition) is 0. The van der Waals surface area contributed by atoms with Crippen molar-refractivity contribution in [2.24, 2.45) is 0 Å². The van der Waals surface area contributed by atoms with Crippen LogP contribution in [0.2, 0.25) is 0 Å². The fourth-order valence-corrected chi connectivity index (χ4v) is 4.68. The highest BCUT2D eigenvalue weighted by Gasteiger charge is 2.20. The molecule has 0 saturated carbocycles. The van der Waals surface area contributed by atoms with Gasteiger partial charge in [-0.25, -0.2) is 0 Å². The lowest BCUT2D eigenvalue weighted by molar-refractivity contribution is -0.870. The van der Waals surface area contributed by atoms with E-state index in [2.05, 4.69) is 13.8 Å². The minimum absolute atomic E-state index is 0.0299. The SMILES string of the molecule is CCCCCCCCCCCOCC(COP(=O)([O-])OCC[N+](C)(C)C)OC(=O)CCCCCCCCC. The molecule has 0 rings (SSSR count). The number of esters is 1. The van der Waals surface area contributed by atoms with Gasteiger partial charge in [0.25, 0.3) is 7.82 Å². The summed E-state index contributed by atoms with van der Waals surface area (Å²) in [5.74, 6) is -0.342. The van der Waals surface area contributed by atoms with Gasteiger partial charge in [-0.05, 0) is 12.8 Å². The molecule has 38 heavy (non-hydrogen) atoms. The molecule has 0 aliphatic heterocycles. The molecule has 8 nitrogen and oxygen atoms in total. The first kappa shape index (κ1) is 37.5. The van der Waals surface area contributed by atoms with Crippen molar-refractivity contribution in [3.8, 4) is 0 Å². The van der Waals surface area contributed by atoms with Crippen molar-refractivity contribution in [2.45, 2.75) is 129 Å². The zero-order valence-electron chi connectivity index (χ0n) is 25.4. The molecule has 0 N–H and O–H groups in total. The van der Waals surface area contributed by atoms with Crippen LogP contribution in [0.1, 0.15) is 123 Å². The summed E-state index contributed by atoms with van der Waals surface area (Å²) in [7, 11) is 1.36. The maximum absolute atomic E-state index is 12.4. The van der Waals surface area contributed by atoms with E-state index in [4.69, 9.17) is 18.5 Å². The highest BCUT2D eigenvalue weighted by molar-refractivity contribution is 7.45. The molecule has 2 atom stereocenters. The molecule has 0 aromatic heterocycles. The maximum atomic E-state index is 12.4. The van der Waals surface area contributed by atoms with Gasteiger partial charge in [0.15, 0.2) is 0 Å². The van der Waals surface area contributed by atoms with Crippen LogP contribution in [0.3, 0.4) is 0 Å². The maximum Gasteiger partial charge on any atom is 0.306 e. The van der Waals surface area contributed by atoms with Gasteiger partial charge in [0.2, 0.25) is 0 Å². The lowest BCUT2D eigenvalue weighted by Gasteiger charge is -2.28. The van der Waals surface area contributed by atoms with E-state index in [9.17, 15) is 14.3 Å². The fourth-order valence-electron chi connectivity index (χ4n) is 3.96. The summed E-state index contributed by atoms with van der Waals surface area (Å²) in [6, 6.07) is 0. The lowest BCUT2D eigenvalue weighted by Crippen LogP contribution is -2.37. The number of hydrogen-bond acceptors (Lipinski definition) is 7. The van der Waals surface area contributed by atoms with Crippen molar-refractivity contribution < 1.29 is 37.3 Å². The normalized spacial score (nSPS) is 14.4. The number of unbranched alkanes of at least 4 members (excludes halogenated alkanes) is 14. The highest BCUT2D eigenvalue weighted by atomic mass is 31.2. The van der Waals surface area contributed by atoms with Gasteiger partial charge in [0, 0.05) is 13.0 Å². The van der Waals surface area contributed by atoms with Crippen LogP contribution < -0.4 is 4.89 Å². The largest absolute Gasteiger partial charge is 0.756 e. The van der Waals surface area contributed by atoms with Crippen LogP contribution in [0.4, 0.5) is 0 Å². The first-order chi connectivity index (χ1) is 18.1. The topological polar surface area (TPSA) is 94.1 Å². The fraction of sp³-hybridized carbons (Fsp3) is 0.966. The summed E-state index contributed by atoms with van der Waals surface area (Å²) >= 11 is 0. The average Bonchev–Trinajstić information content (AvgIpc) is 2.84. The van der Waals surface area contributed by atoms with E-state index in [-0.39, 0.29) is 25.8 Å². The van der Waals surface area contributed by atoms with Crippen molar-refractivity contribution in [2.75, 3.05) is 54.1 Å². The van der Waals surface area contributed by atoms with E-state index in [1.165, 1.54) is 70.6 Å². The van der Waals surface area contributed by atoms with Gasteiger partial charge >= 0.3 is 5.97 Å². The number of nitrogens with zero attached hydrogens (tertiary/aromatic N) is 1. The molecule has 0 heterocycles. The second-order valence-corrected chi connectivity index (χ2v) is 12.9. The van der Waals surface area contributed by atoms with E-state index in [1.807, 2.05) is 21.1 Å². The molecule has 2 unspecified atom stereocenters. The molecule has 0 aromatic rings. The Hall–Kier alpha value is -0.500. The van der Waals surface area contributed by atoms with Crippen LogP contribution in [0.25, 0.3) is 0 Å². The molecule has 0 aliphatic rings. The number of carbonyl (C=O) groups is 1. The molecular weight excluding hydrogens is 505 g/mol. The molecule has 0 bridgehead atoms. The van der Waals surface area contributed by atoms with Crippen molar-refractivity contribution in [1.82, 2.24) is 0 Å². The van der Waals surface area contributed by atoms with Gasteiger partial charge in [0.1, 0.15) is 19.3 Å². The summed E-state index contributed by atoms with van der Waals surface area (Å²) in [5, 5.41) is 0. The van der Waals surface area contributed by atoms with Gasteiger partial charge in [0.05, 0.1) is 34.4 Å². The highest BCUT2D eigenvalue weighted by Crippen LogP contribution is 2.38. The minimum atomic E-state index is -4.49. The molecule has 228 valence electrons. The van der Waals surface area contributed by atoms with E-state index in [1.54, 1.807) is 0 Å². The first-order valence-corrected chi connectivity index (χ1v) is 16.7. The first-order valence-electron chi connectivity index (χ1n) is 15.3. The Kier molecular flexibility index (Phi) is 24.0. The third-order valence-electron chi connectivity index (χ3n) is 6.41. The quantitative estimate of drug-likeness (QED) is 0.0446. The van der Waals surface area contributed by atoms with Crippen LogP contribution in [-0.2, 0) is 27.9 Å². The van der Waals surface area contributed by atoms with Gasteiger partial charge in [-0.15, -0.1) is 0 Å². The van der Waals surface area contributed by atoms with Gasteiger partial charge in [-0.2, -0.15) is 0 Å². The number of phosphoric acid groups is 1. The van der Waals surface area contributed by atoms with E-state index < -0.39 is 13.9 Å². The Morgan fingerprint density at radius 2 is 1.21 bits per heavy atom. The Bertz CT molecular complexity index is 598. The Morgan fingerprint density at radius 3 is 1.74 bits per heavy atom. The molecule has 0 fully saturated rings. The summed E-state index contributed by atoms with van der Waals surface area (Å²) in [6.07, 6.45) is 18.3. The van der Waals surface area contributed by atoms with Crippen molar-refractivity contribution in [3.63, 3.8) is 0 Å². The van der Waals surface area contributed by atoms with Crippen molar-refractivity contribution in [3.05, 3.63) is 0 Å². The summed E-state index contributed by atoms with van der Waals surface area (Å²) in [6.45, 7) is 5.34. The minimum Gasteiger partial charge on any atom is -0.756 e. The second-order valence-electron chi connectivity index (χ2n) is 11.5. The number of phosphoric ester groups is 1. The summed E-state index contributed by atoms with van der Waals surface area (Å²) in [4.78, 5) is 24.6. The van der Waals surface area contributed by atoms with Gasteiger partial charge in [-0.1, -0.05) is 104 Å². The molecule has 0 aromatic carbocycles. The van der Waals surface area contributed by atoms with E-state index >= 15 is 0 Å². The average molecular weight is 566 g/mol. The summed E-state index contributed by atoms with van der Waals surface area (Å²) in [5.41, 5.74) is 0. The Labute approximate surface area is 234 Å². The third kappa shape index (κ3) is 27.1. The van der Waals surface area contributed by atoms with E-state index in [0.29, 0.717) is 24.1 Å². The molecule has 0 aliphatic carbocycles. The number of quaternary nitrogens is 1. The Balaban J connectivity index is 4.38. The second kappa shape index (κ2) is 24.3. The lowest BCUT2D eigenvalue weighted by atomic mass is 10.1. The number of likely N-dealkylation sites (N-methyl/N-ethyl adjacent to an activating group) is 1. The molecular formula is C29H60NO7P. The number of rotatable bonds is 28.